The van der Waals surface area contributed by atoms with Gasteiger partial charge in [0.25, 0.3) is 0 Å². The molecule has 1 aliphatic heterocycles. The zero-order chi connectivity index (χ0) is 35.8. The van der Waals surface area contributed by atoms with Gasteiger partial charge in [-0.25, -0.2) is 0 Å². The molecule has 15 heteroatoms. The molecule has 10 atom stereocenters. The maximum Gasteiger partial charge on any atom is 0.309 e. The van der Waals surface area contributed by atoms with Crippen LogP contribution in [-0.2, 0) is 38.1 Å². The maximum atomic E-state index is 12.9. The maximum absolute atomic E-state index is 12.9. The number of carbonyl (C=O) groups excluding carboxylic acids is 4. The van der Waals surface area contributed by atoms with E-state index in [1.807, 2.05) is 27.7 Å². The van der Waals surface area contributed by atoms with Gasteiger partial charge >= 0.3 is 11.9 Å². The molecule has 0 radical (unpaired) electrons. The third kappa shape index (κ3) is 15.6. The first-order valence-electron chi connectivity index (χ1n) is 16.6. The number of esters is 2. The molecule has 2 amide bonds. The predicted octanol–water partition coefficient (Wildman–Crippen LogP) is 0.0594. The van der Waals surface area contributed by atoms with Gasteiger partial charge in [0, 0.05) is 0 Å². The minimum Gasteiger partial charge on any atom is -0.462 e. The molecule has 0 saturated carbocycles. The number of hydrogen-bond donors (Lipinski definition) is 7. The average molecular weight is 679 g/mol. The summed E-state index contributed by atoms with van der Waals surface area (Å²) in [6.07, 6.45) is -8.12. The highest BCUT2D eigenvalue weighted by molar-refractivity contribution is 5.88. The van der Waals surface area contributed by atoms with E-state index >= 15 is 0 Å². The van der Waals surface area contributed by atoms with Crippen molar-refractivity contribution in [2.75, 3.05) is 13.2 Å². The molecule has 1 rings (SSSR count). The fraction of sp³-hybridized carbons (Fsp3) is 0.875. The molecule has 274 valence electrons. The molecule has 10 unspecified atom stereocenters. The van der Waals surface area contributed by atoms with Crippen LogP contribution in [0.1, 0.15) is 93.4 Å². The normalized spacial score (nSPS) is 24.6. The van der Waals surface area contributed by atoms with Gasteiger partial charge in [0.2, 0.25) is 11.8 Å². The van der Waals surface area contributed by atoms with Gasteiger partial charge in [-0.3, -0.25) is 19.2 Å². The number of nitrogens with one attached hydrogen (secondary N) is 2. The number of aliphatic hydroxyl groups is 5. The summed E-state index contributed by atoms with van der Waals surface area (Å²) in [5.41, 5.74) is 0. The minimum atomic E-state index is -1.53. The van der Waals surface area contributed by atoms with Crippen LogP contribution < -0.4 is 10.6 Å². The van der Waals surface area contributed by atoms with Crippen molar-refractivity contribution in [1.29, 1.82) is 0 Å². The van der Waals surface area contributed by atoms with Crippen LogP contribution in [0, 0.1) is 11.8 Å². The van der Waals surface area contributed by atoms with Gasteiger partial charge in [-0.1, -0.05) is 41.5 Å². The molecule has 0 aromatic rings. The number of hydrogen-bond acceptors (Lipinski definition) is 13. The largest absolute Gasteiger partial charge is 0.462 e. The third-order valence-corrected chi connectivity index (χ3v) is 7.73. The van der Waals surface area contributed by atoms with Crippen LogP contribution in [0.2, 0.25) is 0 Å². The zero-order valence-electron chi connectivity index (χ0n) is 28.8. The Morgan fingerprint density at radius 3 is 1.74 bits per heavy atom. The van der Waals surface area contributed by atoms with Crippen LogP contribution in [0.3, 0.4) is 0 Å². The van der Waals surface area contributed by atoms with Gasteiger partial charge in [-0.15, -0.1) is 0 Å². The van der Waals surface area contributed by atoms with Crippen LogP contribution >= 0.6 is 0 Å². The SMILES string of the molecule is CCC(CC(=O)NC(CO)C(=O)NC(CO)CC(C)C)OC(=O)CC(CC)OC(=O)CC(CC(C)C)OC1OC(C)C(O)C(O)C1O. The van der Waals surface area contributed by atoms with E-state index < -0.39 is 91.5 Å². The highest BCUT2D eigenvalue weighted by Crippen LogP contribution is 2.25. The lowest BCUT2D eigenvalue weighted by Gasteiger charge is -2.40. The number of aliphatic hydroxyl groups excluding tert-OH is 5. The van der Waals surface area contributed by atoms with Gasteiger partial charge in [0.15, 0.2) is 6.29 Å². The topological polar surface area (TPSA) is 230 Å². The van der Waals surface area contributed by atoms with E-state index in [0.717, 1.165) is 0 Å². The molecular weight excluding hydrogens is 620 g/mol. The first-order valence-corrected chi connectivity index (χ1v) is 16.6. The van der Waals surface area contributed by atoms with Crippen LogP contribution in [0.4, 0.5) is 0 Å². The Hall–Kier alpha value is -2.40. The quantitative estimate of drug-likeness (QED) is 0.0798. The summed E-state index contributed by atoms with van der Waals surface area (Å²) in [7, 11) is 0. The average Bonchev–Trinajstić information content (AvgIpc) is 2.99. The van der Waals surface area contributed by atoms with E-state index in [9.17, 15) is 44.7 Å². The molecule has 1 saturated heterocycles. The fourth-order valence-corrected chi connectivity index (χ4v) is 5.11. The smallest absolute Gasteiger partial charge is 0.309 e. The molecule has 0 spiro atoms. The number of amides is 2. The van der Waals surface area contributed by atoms with Crippen molar-refractivity contribution in [2.45, 2.75) is 155 Å². The number of rotatable bonds is 21. The monoisotopic (exact) mass is 678 g/mol. The van der Waals surface area contributed by atoms with Gasteiger partial charge < -0.3 is 55.1 Å². The summed E-state index contributed by atoms with van der Waals surface area (Å²) in [5.74, 6) is -2.34. The van der Waals surface area contributed by atoms with Crippen molar-refractivity contribution in [3.8, 4) is 0 Å². The fourth-order valence-electron chi connectivity index (χ4n) is 5.11. The summed E-state index contributed by atoms with van der Waals surface area (Å²) < 4.78 is 22.3. The van der Waals surface area contributed by atoms with Crippen molar-refractivity contribution in [3.05, 3.63) is 0 Å². The standard InChI is InChI=1S/C32H58N2O13/c1-8-21(12-25(37)34-24(16-36)31(43)33-20(15-35)10-17(3)4)45-26(38)13-22(9-2)46-27(39)14-23(11-18(5)6)47-32-30(42)29(41)28(40)19(7)44-32/h17-24,28-30,32,35-36,40-42H,8-16H2,1-7H3,(H,33,43)(H,34,37). The Kier molecular flexibility index (Phi) is 19.5. The summed E-state index contributed by atoms with van der Waals surface area (Å²) in [4.78, 5) is 50.8. The molecule has 0 aliphatic carbocycles. The van der Waals surface area contributed by atoms with Crippen LogP contribution in [0.5, 0.6) is 0 Å². The van der Waals surface area contributed by atoms with Crippen LogP contribution in [-0.4, -0.2) is 124 Å². The number of carbonyl (C=O) groups is 4. The molecular formula is C32H58N2O13. The Labute approximate surface area is 277 Å². The van der Waals surface area contributed by atoms with Crippen molar-refractivity contribution in [2.24, 2.45) is 11.8 Å². The highest BCUT2D eigenvalue weighted by atomic mass is 16.7. The van der Waals surface area contributed by atoms with Gasteiger partial charge in [0.1, 0.15) is 36.6 Å². The predicted molar refractivity (Wildman–Crippen MR) is 168 cm³/mol. The highest BCUT2D eigenvalue weighted by Gasteiger charge is 2.43. The second kappa shape index (κ2) is 21.5. The second-order valence-corrected chi connectivity index (χ2v) is 13.0. The lowest BCUT2D eigenvalue weighted by atomic mass is 9.99. The number of ether oxygens (including phenoxy) is 4. The Morgan fingerprint density at radius 2 is 1.26 bits per heavy atom. The van der Waals surface area contributed by atoms with Gasteiger partial charge in [0.05, 0.1) is 50.7 Å². The molecule has 0 bridgehead atoms. The Bertz CT molecular complexity index is 965. The summed E-state index contributed by atoms with van der Waals surface area (Å²) in [6, 6.07) is -1.78. The molecule has 15 nitrogen and oxygen atoms in total. The van der Waals surface area contributed by atoms with Gasteiger partial charge in [-0.2, -0.15) is 0 Å². The van der Waals surface area contributed by atoms with E-state index in [0.29, 0.717) is 19.3 Å². The van der Waals surface area contributed by atoms with Gasteiger partial charge in [-0.05, 0) is 44.4 Å². The van der Waals surface area contributed by atoms with E-state index in [4.69, 9.17) is 18.9 Å². The van der Waals surface area contributed by atoms with Crippen molar-refractivity contribution >= 4 is 23.8 Å². The lowest BCUT2D eigenvalue weighted by Crippen LogP contribution is -2.58. The van der Waals surface area contributed by atoms with E-state index in [1.165, 1.54) is 6.92 Å². The van der Waals surface area contributed by atoms with Crippen molar-refractivity contribution in [1.82, 2.24) is 10.6 Å². The Morgan fingerprint density at radius 1 is 0.723 bits per heavy atom. The van der Waals surface area contributed by atoms with Crippen molar-refractivity contribution in [3.63, 3.8) is 0 Å². The lowest BCUT2D eigenvalue weighted by molar-refractivity contribution is -0.305. The van der Waals surface area contributed by atoms with E-state index in [1.54, 1.807) is 13.8 Å². The molecule has 47 heavy (non-hydrogen) atoms. The summed E-state index contributed by atoms with van der Waals surface area (Å²) in [5, 5.41) is 54.6. The molecule has 0 aromatic heterocycles. The van der Waals surface area contributed by atoms with Crippen LogP contribution in [0.25, 0.3) is 0 Å². The van der Waals surface area contributed by atoms with E-state index in [2.05, 4.69) is 10.6 Å². The minimum absolute atomic E-state index is 0.0889. The van der Waals surface area contributed by atoms with Crippen LogP contribution in [0.15, 0.2) is 0 Å². The first-order chi connectivity index (χ1) is 22.0. The Balaban J connectivity index is 2.70. The molecule has 7 N–H and O–H groups in total. The van der Waals surface area contributed by atoms with Crippen molar-refractivity contribution < 1.29 is 63.7 Å². The molecule has 0 aromatic carbocycles. The molecule has 1 heterocycles. The third-order valence-electron chi connectivity index (χ3n) is 7.73. The van der Waals surface area contributed by atoms with E-state index in [-0.39, 0.29) is 44.1 Å². The molecule has 1 aliphatic rings. The second-order valence-electron chi connectivity index (χ2n) is 13.0. The summed E-state index contributed by atoms with van der Waals surface area (Å²) >= 11 is 0. The zero-order valence-corrected chi connectivity index (χ0v) is 28.8. The first kappa shape index (κ1) is 42.6. The molecule has 1 fully saturated rings. The summed E-state index contributed by atoms with van der Waals surface area (Å²) in [6.45, 7) is 11.7.